The molecule has 1 N–H and O–H groups in total. The van der Waals surface area contributed by atoms with Crippen molar-refractivity contribution < 1.29 is 14.3 Å². The van der Waals surface area contributed by atoms with Gasteiger partial charge in [0.1, 0.15) is 11.8 Å². The van der Waals surface area contributed by atoms with Crippen LogP contribution in [0.5, 0.6) is 5.75 Å². The van der Waals surface area contributed by atoms with Crippen LogP contribution in [0.1, 0.15) is 59.3 Å². The van der Waals surface area contributed by atoms with E-state index < -0.39 is 17.4 Å². The number of terminal acetylenes is 1. The fourth-order valence-electron chi connectivity index (χ4n) is 3.95. The minimum absolute atomic E-state index is 0.145. The molecule has 1 unspecified atom stereocenters. The van der Waals surface area contributed by atoms with Gasteiger partial charge in [0.05, 0.1) is 11.6 Å². The molecule has 1 atom stereocenters. The first kappa shape index (κ1) is 22.5. The van der Waals surface area contributed by atoms with E-state index in [1.807, 2.05) is 20.8 Å². The molecule has 2 fully saturated rings. The van der Waals surface area contributed by atoms with Gasteiger partial charge < -0.3 is 10.1 Å². The Morgan fingerprint density at radius 2 is 1.93 bits per heavy atom. The lowest BCUT2D eigenvalue weighted by atomic mass is 9.84. The topological polar surface area (TPSA) is 58.6 Å². The van der Waals surface area contributed by atoms with Gasteiger partial charge in [-0.2, -0.15) is 0 Å². The molecule has 2 saturated carbocycles. The van der Waals surface area contributed by atoms with Crippen molar-refractivity contribution in [3.05, 3.63) is 23.2 Å². The Labute approximate surface area is 184 Å². The molecule has 1 aromatic rings. The Kier molecular flexibility index (Phi) is 6.98. The van der Waals surface area contributed by atoms with E-state index in [0.29, 0.717) is 29.0 Å². The van der Waals surface area contributed by atoms with E-state index in [2.05, 4.69) is 11.2 Å². The second-order valence-corrected chi connectivity index (χ2v) is 9.85. The Morgan fingerprint density at radius 1 is 1.27 bits per heavy atom. The van der Waals surface area contributed by atoms with E-state index in [0.717, 1.165) is 25.7 Å². The Balaban J connectivity index is 1.89. The van der Waals surface area contributed by atoms with Gasteiger partial charge in [0.15, 0.2) is 0 Å². The lowest BCUT2D eigenvalue weighted by Crippen LogP contribution is -2.57. The van der Waals surface area contributed by atoms with E-state index in [9.17, 15) is 9.59 Å². The number of carbonyl (C=O) groups is 2. The first-order valence-electron chi connectivity index (χ1n) is 10.7. The number of anilines is 1. The molecular formula is C24H31ClN2O3. The summed E-state index contributed by atoms with van der Waals surface area (Å²) in [4.78, 5) is 27.5. The van der Waals surface area contributed by atoms with Crippen LogP contribution in [0, 0.1) is 23.7 Å². The van der Waals surface area contributed by atoms with Crippen molar-refractivity contribution >= 4 is 29.1 Å². The molecule has 6 heteroatoms. The van der Waals surface area contributed by atoms with E-state index in [1.54, 1.807) is 18.2 Å². The van der Waals surface area contributed by atoms with Crippen molar-refractivity contribution in [3.8, 4) is 18.1 Å². The first-order chi connectivity index (χ1) is 14.2. The van der Waals surface area contributed by atoms with Crippen LogP contribution >= 0.6 is 11.6 Å². The molecule has 0 radical (unpaired) electrons. The summed E-state index contributed by atoms with van der Waals surface area (Å²) in [5, 5.41) is 3.52. The molecule has 1 aromatic carbocycles. The van der Waals surface area contributed by atoms with Crippen LogP contribution < -0.4 is 15.0 Å². The lowest BCUT2D eigenvalue weighted by molar-refractivity contribution is -0.127. The monoisotopic (exact) mass is 430 g/mol. The number of benzene rings is 1. The van der Waals surface area contributed by atoms with Crippen molar-refractivity contribution in [2.24, 2.45) is 11.3 Å². The van der Waals surface area contributed by atoms with Crippen LogP contribution in [0.4, 0.5) is 5.69 Å². The summed E-state index contributed by atoms with van der Waals surface area (Å²) in [5.74, 6) is 2.59. The summed E-state index contributed by atoms with van der Waals surface area (Å²) in [7, 11) is 0. The van der Waals surface area contributed by atoms with E-state index in [4.69, 9.17) is 22.8 Å². The normalized spacial score (nSPS) is 17.8. The number of nitrogens with one attached hydrogen (secondary N) is 1. The third-order valence-electron chi connectivity index (χ3n) is 5.74. The maximum atomic E-state index is 13.3. The summed E-state index contributed by atoms with van der Waals surface area (Å²) in [6.45, 7) is 6.42. The van der Waals surface area contributed by atoms with Gasteiger partial charge in [0.2, 0.25) is 5.91 Å². The predicted molar refractivity (Wildman–Crippen MR) is 120 cm³/mol. The van der Waals surface area contributed by atoms with Gasteiger partial charge >= 0.3 is 5.91 Å². The molecule has 0 spiro atoms. The predicted octanol–water partition coefficient (Wildman–Crippen LogP) is 4.57. The zero-order valence-corrected chi connectivity index (χ0v) is 18.8. The van der Waals surface area contributed by atoms with Crippen LogP contribution in [0.25, 0.3) is 0 Å². The number of rotatable bonds is 7. The van der Waals surface area contributed by atoms with Crippen molar-refractivity contribution in [3.63, 3.8) is 0 Å². The SMILES string of the molecule is C#CC(=O)N(c1ccc(OCC2CC2)c(Cl)c1)C(C(=O)NC1CCCC1)C(C)(C)C. The van der Waals surface area contributed by atoms with Crippen molar-refractivity contribution in [1.29, 1.82) is 0 Å². The fraction of sp³-hybridized carbons (Fsp3) is 0.583. The number of amides is 2. The van der Waals surface area contributed by atoms with Gasteiger partial charge in [-0.25, -0.2) is 0 Å². The quantitative estimate of drug-likeness (QED) is 0.644. The van der Waals surface area contributed by atoms with E-state index in [1.165, 1.54) is 17.7 Å². The largest absolute Gasteiger partial charge is 0.492 e. The second kappa shape index (κ2) is 9.31. The van der Waals surface area contributed by atoms with Crippen molar-refractivity contribution in [2.45, 2.75) is 71.4 Å². The number of ether oxygens (including phenoxy) is 1. The van der Waals surface area contributed by atoms with Crippen molar-refractivity contribution in [2.75, 3.05) is 11.5 Å². The zero-order chi connectivity index (χ0) is 21.9. The zero-order valence-electron chi connectivity index (χ0n) is 18.0. The van der Waals surface area contributed by atoms with Crippen LogP contribution in [-0.2, 0) is 9.59 Å². The molecule has 3 rings (SSSR count). The molecule has 2 aliphatic rings. The minimum Gasteiger partial charge on any atom is -0.492 e. The highest BCUT2D eigenvalue weighted by molar-refractivity contribution is 6.32. The number of carbonyl (C=O) groups excluding carboxylic acids is 2. The van der Waals surface area contributed by atoms with E-state index in [-0.39, 0.29) is 11.9 Å². The number of hydrogen-bond acceptors (Lipinski definition) is 3. The summed E-state index contributed by atoms with van der Waals surface area (Å²) >= 11 is 6.45. The molecule has 30 heavy (non-hydrogen) atoms. The molecule has 0 saturated heterocycles. The van der Waals surface area contributed by atoms with Gasteiger partial charge in [-0.15, -0.1) is 6.42 Å². The number of halogens is 1. The summed E-state index contributed by atoms with van der Waals surface area (Å²) < 4.78 is 5.79. The highest BCUT2D eigenvalue weighted by Crippen LogP contribution is 2.36. The average Bonchev–Trinajstić information content (AvgIpc) is 3.37. The Bertz CT molecular complexity index is 830. The molecule has 0 aromatic heterocycles. The molecular weight excluding hydrogens is 400 g/mol. The molecule has 0 heterocycles. The smallest absolute Gasteiger partial charge is 0.303 e. The number of nitrogens with zero attached hydrogens (tertiary/aromatic N) is 1. The highest BCUT2D eigenvalue weighted by Gasteiger charge is 2.40. The molecule has 0 bridgehead atoms. The number of hydrogen-bond donors (Lipinski definition) is 1. The van der Waals surface area contributed by atoms with Gasteiger partial charge in [-0.1, -0.05) is 45.2 Å². The molecule has 2 aliphatic carbocycles. The first-order valence-corrected chi connectivity index (χ1v) is 11.1. The Morgan fingerprint density at radius 3 is 2.47 bits per heavy atom. The molecule has 2 amide bonds. The van der Waals surface area contributed by atoms with Crippen LogP contribution in [0.2, 0.25) is 5.02 Å². The van der Waals surface area contributed by atoms with Crippen LogP contribution in [0.15, 0.2) is 18.2 Å². The van der Waals surface area contributed by atoms with Gasteiger partial charge in [0, 0.05) is 11.7 Å². The van der Waals surface area contributed by atoms with Gasteiger partial charge in [0.25, 0.3) is 0 Å². The molecule has 5 nitrogen and oxygen atoms in total. The van der Waals surface area contributed by atoms with Crippen LogP contribution in [0.3, 0.4) is 0 Å². The highest BCUT2D eigenvalue weighted by atomic mass is 35.5. The third kappa shape index (κ3) is 5.49. The second-order valence-electron chi connectivity index (χ2n) is 9.45. The van der Waals surface area contributed by atoms with Gasteiger partial charge in [-0.05, 0) is 61.1 Å². The summed E-state index contributed by atoms with van der Waals surface area (Å²) in [6.07, 6.45) is 12.0. The molecule has 162 valence electrons. The third-order valence-corrected chi connectivity index (χ3v) is 6.03. The maximum Gasteiger partial charge on any atom is 0.303 e. The summed E-state index contributed by atoms with van der Waals surface area (Å²) in [6, 6.07) is 4.51. The average molecular weight is 431 g/mol. The fourth-order valence-corrected chi connectivity index (χ4v) is 4.18. The Hall–Kier alpha value is -2.19. The molecule has 0 aliphatic heterocycles. The lowest BCUT2D eigenvalue weighted by Gasteiger charge is -2.38. The summed E-state index contributed by atoms with van der Waals surface area (Å²) in [5.41, 5.74) is -0.0498. The standard InChI is InChI=1S/C24H31ClN2O3/c1-5-21(28)27(18-12-13-20(19(25)14-18)30-15-16-10-11-16)22(24(2,3)4)23(29)26-17-8-6-7-9-17/h1,12-14,16-17,22H,6-11,15H2,2-4H3,(H,26,29). The minimum atomic E-state index is -0.768. The van der Waals surface area contributed by atoms with E-state index >= 15 is 0 Å². The van der Waals surface area contributed by atoms with Crippen LogP contribution in [-0.4, -0.2) is 30.5 Å². The van der Waals surface area contributed by atoms with Gasteiger partial charge in [-0.3, -0.25) is 14.5 Å². The maximum absolute atomic E-state index is 13.3. The van der Waals surface area contributed by atoms with Crippen molar-refractivity contribution in [1.82, 2.24) is 5.32 Å².